The van der Waals surface area contributed by atoms with Crippen LogP contribution in [-0.2, 0) is 4.79 Å². The molecule has 2 unspecified atom stereocenters. The van der Waals surface area contributed by atoms with E-state index in [9.17, 15) is 4.79 Å². The molecule has 0 aliphatic carbocycles. The van der Waals surface area contributed by atoms with Gasteiger partial charge < -0.3 is 9.80 Å². The molecule has 0 radical (unpaired) electrons. The van der Waals surface area contributed by atoms with E-state index in [1.54, 1.807) is 0 Å². The quantitative estimate of drug-likeness (QED) is 0.764. The summed E-state index contributed by atoms with van der Waals surface area (Å²) in [6, 6.07) is 0.0867. The van der Waals surface area contributed by atoms with Crippen molar-refractivity contribution in [3.05, 3.63) is 25.6 Å². The fraction of sp³-hybridized carbons (Fsp3) is 0.667. The number of nitrogens with zero attached hydrogens (tertiary/aromatic N) is 2. The van der Waals surface area contributed by atoms with E-state index in [1.807, 2.05) is 12.4 Å². The molecule has 2 atom stereocenters. The first-order chi connectivity index (χ1) is 8.77. The Morgan fingerprint density at radius 1 is 0.889 bits per heavy atom. The Kier molecular flexibility index (Phi) is 4.45. The number of rotatable bonds is 4. The predicted molar refractivity (Wildman–Crippen MR) is 74.1 cm³/mol. The number of carbonyl (C=O) groups excluding carboxylic acids is 1. The molecule has 0 amide bonds. The molecule has 0 bridgehead atoms. The lowest BCUT2D eigenvalue weighted by molar-refractivity contribution is -0.129. The van der Waals surface area contributed by atoms with Crippen LogP contribution in [0.1, 0.15) is 38.5 Å². The van der Waals surface area contributed by atoms with Crippen LogP contribution in [0.25, 0.3) is 0 Å². The summed E-state index contributed by atoms with van der Waals surface area (Å²) in [7, 11) is 0. The van der Waals surface area contributed by atoms with Crippen molar-refractivity contribution in [2.45, 2.75) is 50.6 Å². The zero-order valence-corrected chi connectivity index (χ0v) is 11.2. The van der Waals surface area contributed by atoms with E-state index in [2.05, 4.69) is 23.0 Å². The number of likely N-dealkylation sites (tertiary alicyclic amines) is 2. The normalized spacial score (nSPS) is 28.9. The summed E-state index contributed by atoms with van der Waals surface area (Å²) in [6.45, 7) is 9.63. The van der Waals surface area contributed by atoms with E-state index in [0.29, 0.717) is 5.78 Å². The van der Waals surface area contributed by atoms with E-state index in [1.165, 1.54) is 12.8 Å². The molecule has 100 valence electrons. The smallest absolute Gasteiger partial charge is 0.177 e. The molecule has 3 nitrogen and oxygen atoms in total. The van der Waals surface area contributed by atoms with Crippen molar-refractivity contribution in [3.8, 4) is 0 Å². The van der Waals surface area contributed by atoms with Gasteiger partial charge in [-0.1, -0.05) is 13.2 Å². The first-order valence-electron chi connectivity index (χ1n) is 7.08. The Morgan fingerprint density at radius 3 is 1.72 bits per heavy atom. The monoisotopic (exact) mass is 248 g/mol. The Balaban J connectivity index is 2.08. The van der Waals surface area contributed by atoms with Gasteiger partial charge >= 0.3 is 0 Å². The van der Waals surface area contributed by atoms with E-state index in [0.717, 1.165) is 38.8 Å². The fourth-order valence-electron chi connectivity index (χ4n) is 3.18. The van der Waals surface area contributed by atoms with Crippen molar-refractivity contribution in [1.82, 2.24) is 9.80 Å². The van der Waals surface area contributed by atoms with Gasteiger partial charge in [-0.05, 0) is 50.9 Å². The summed E-state index contributed by atoms with van der Waals surface area (Å²) in [5.41, 5.74) is 0. The highest BCUT2D eigenvalue weighted by Crippen LogP contribution is 2.25. The molecule has 0 saturated carbocycles. The Hall–Kier alpha value is -1.25. The highest BCUT2D eigenvalue weighted by Gasteiger charge is 2.34. The molecule has 0 aromatic carbocycles. The summed E-state index contributed by atoms with van der Waals surface area (Å²) in [5, 5.41) is 0. The van der Waals surface area contributed by atoms with Gasteiger partial charge in [0.25, 0.3) is 0 Å². The van der Waals surface area contributed by atoms with E-state index < -0.39 is 0 Å². The summed E-state index contributed by atoms with van der Waals surface area (Å²) in [4.78, 5) is 17.0. The minimum atomic E-state index is 0.0433. The van der Waals surface area contributed by atoms with Crippen LogP contribution in [0.3, 0.4) is 0 Å². The molecule has 0 spiro atoms. The maximum absolute atomic E-state index is 12.7. The number of carbonyl (C=O) groups is 1. The van der Waals surface area contributed by atoms with Gasteiger partial charge in [-0.15, -0.1) is 0 Å². The van der Waals surface area contributed by atoms with Gasteiger partial charge in [0.15, 0.2) is 5.78 Å². The third-order valence-corrected chi connectivity index (χ3v) is 4.21. The minimum Gasteiger partial charge on any atom is -0.368 e. The summed E-state index contributed by atoms with van der Waals surface area (Å²) < 4.78 is 0. The average molecular weight is 248 g/mol. The zero-order valence-electron chi connectivity index (χ0n) is 11.2. The van der Waals surface area contributed by atoms with Crippen molar-refractivity contribution < 1.29 is 4.79 Å². The van der Waals surface area contributed by atoms with Crippen LogP contribution in [0, 0.1) is 0 Å². The van der Waals surface area contributed by atoms with Gasteiger partial charge in [0.2, 0.25) is 0 Å². The van der Waals surface area contributed by atoms with E-state index in [4.69, 9.17) is 0 Å². The van der Waals surface area contributed by atoms with Gasteiger partial charge in [0.1, 0.15) is 0 Å². The third-order valence-electron chi connectivity index (χ3n) is 4.21. The second-order valence-corrected chi connectivity index (χ2v) is 5.27. The molecule has 2 saturated heterocycles. The molecule has 2 aliphatic heterocycles. The highest BCUT2D eigenvalue weighted by molar-refractivity contribution is 5.89. The van der Waals surface area contributed by atoms with Crippen molar-refractivity contribution in [2.75, 3.05) is 13.1 Å². The maximum atomic E-state index is 12.7. The first kappa shape index (κ1) is 13.2. The second kappa shape index (κ2) is 6.07. The lowest BCUT2D eigenvalue weighted by Crippen LogP contribution is -2.51. The van der Waals surface area contributed by atoms with Crippen LogP contribution in [0.2, 0.25) is 0 Å². The first-order valence-corrected chi connectivity index (χ1v) is 7.08. The minimum absolute atomic E-state index is 0.0433. The Labute approximate surface area is 110 Å². The summed E-state index contributed by atoms with van der Waals surface area (Å²) in [6.07, 6.45) is 10.3. The van der Waals surface area contributed by atoms with Crippen molar-refractivity contribution in [1.29, 1.82) is 0 Å². The molecule has 2 rings (SSSR count). The topological polar surface area (TPSA) is 23.6 Å². The van der Waals surface area contributed by atoms with Gasteiger partial charge in [0, 0.05) is 13.1 Å². The highest BCUT2D eigenvalue weighted by atomic mass is 16.1. The number of ketones is 1. The molecule has 2 fully saturated rings. The SMILES string of the molecule is C=CN1CCCCC1C(=O)C1CCCCN1C=C. The summed E-state index contributed by atoms with van der Waals surface area (Å²) in [5.74, 6) is 0.370. The van der Waals surface area contributed by atoms with Crippen molar-refractivity contribution in [2.24, 2.45) is 0 Å². The Morgan fingerprint density at radius 2 is 1.33 bits per heavy atom. The van der Waals surface area contributed by atoms with Crippen molar-refractivity contribution in [3.63, 3.8) is 0 Å². The number of hydrogen-bond acceptors (Lipinski definition) is 3. The lowest BCUT2D eigenvalue weighted by Gasteiger charge is -2.40. The van der Waals surface area contributed by atoms with Gasteiger partial charge in [-0.25, -0.2) is 0 Å². The molecular formula is C15H24N2O. The second-order valence-electron chi connectivity index (χ2n) is 5.27. The van der Waals surface area contributed by atoms with Crippen LogP contribution in [0.4, 0.5) is 0 Å². The molecule has 2 aliphatic rings. The Bertz CT molecular complexity index is 296. The molecule has 2 heterocycles. The van der Waals surface area contributed by atoms with E-state index >= 15 is 0 Å². The van der Waals surface area contributed by atoms with Crippen LogP contribution in [0.5, 0.6) is 0 Å². The molecule has 0 aromatic rings. The maximum Gasteiger partial charge on any atom is 0.177 e. The van der Waals surface area contributed by atoms with Crippen LogP contribution in [-0.4, -0.2) is 40.8 Å². The number of Topliss-reactive ketones (excluding diaryl/α,β-unsaturated/α-hetero) is 1. The molecule has 3 heteroatoms. The van der Waals surface area contributed by atoms with Gasteiger partial charge in [-0.3, -0.25) is 4.79 Å². The van der Waals surface area contributed by atoms with Crippen LogP contribution >= 0.6 is 0 Å². The molecular weight excluding hydrogens is 224 g/mol. The van der Waals surface area contributed by atoms with Crippen molar-refractivity contribution >= 4 is 5.78 Å². The van der Waals surface area contributed by atoms with Crippen LogP contribution in [0.15, 0.2) is 25.6 Å². The van der Waals surface area contributed by atoms with E-state index in [-0.39, 0.29) is 12.1 Å². The largest absolute Gasteiger partial charge is 0.368 e. The van der Waals surface area contributed by atoms with Gasteiger partial charge in [-0.2, -0.15) is 0 Å². The van der Waals surface area contributed by atoms with Gasteiger partial charge in [0.05, 0.1) is 12.1 Å². The number of hydrogen-bond donors (Lipinski definition) is 0. The molecule has 18 heavy (non-hydrogen) atoms. The average Bonchev–Trinajstić information content (AvgIpc) is 2.46. The fourth-order valence-corrected chi connectivity index (χ4v) is 3.18. The standard InChI is InChI=1S/C15H24N2O/c1-3-16-11-7-5-9-13(16)15(18)14-10-6-8-12-17(14)4-2/h3-4,13-14H,1-2,5-12H2. The lowest BCUT2D eigenvalue weighted by atomic mass is 9.90. The predicted octanol–water partition coefficient (Wildman–Crippen LogP) is 2.55. The third kappa shape index (κ3) is 2.60. The molecule has 0 N–H and O–H groups in total. The summed E-state index contributed by atoms with van der Waals surface area (Å²) >= 11 is 0. The van der Waals surface area contributed by atoms with Crippen LogP contribution < -0.4 is 0 Å². The molecule has 0 aromatic heterocycles. The zero-order chi connectivity index (χ0) is 13.0. The number of piperidine rings is 2.